The number of unbranched alkanes of at least 4 members (excludes halogenated alkanes) is 2. The summed E-state index contributed by atoms with van der Waals surface area (Å²) in [7, 11) is 1.46. The lowest BCUT2D eigenvalue weighted by Gasteiger charge is -2.41. The van der Waals surface area contributed by atoms with Crippen LogP contribution in [-0.4, -0.2) is 116 Å². The first kappa shape index (κ1) is 30.7. The van der Waals surface area contributed by atoms with Crippen molar-refractivity contribution in [1.29, 1.82) is 0 Å². The number of hydrogen-bond donors (Lipinski definition) is 3. The Balaban J connectivity index is 1.70. The quantitative estimate of drug-likeness (QED) is 0.170. The Bertz CT molecular complexity index is 1130. The topological polar surface area (TPSA) is 138 Å². The average Bonchev–Trinajstić information content (AvgIpc) is 3.39. The predicted molar refractivity (Wildman–Crippen MR) is 151 cm³/mol. The van der Waals surface area contributed by atoms with Gasteiger partial charge in [0, 0.05) is 55.8 Å². The van der Waals surface area contributed by atoms with E-state index in [-0.39, 0.29) is 19.1 Å². The summed E-state index contributed by atoms with van der Waals surface area (Å²) in [4.78, 5) is 42.6. The van der Waals surface area contributed by atoms with E-state index in [1.807, 2.05) is 6.08 Å². The van der Waals surface area contributed by atoms with Gasteiger partial charge in [-0.05, 0) is 37.5 Å². The van der Waals surface area contributed by atoms with Gasteiger partial charge in [-0.15, -0.1) is 6.58 Å². The molecule has 0 aromatic heterocycles. The Morgan fingerprint density at radius 2 is 2.05 bits per heavy atom. The van der Waals surface area contributed by atoms with Crippen LogP contribution in [0.3, 0.4) is 0 Å². The van der Waals surface area contributed by atoms with Gasteiger partial charge in [-0.25, -0.2) is 0 Å². The molecule has 4 rings (SSSR count). The van der Waals surface area contributed by atoms with Crippen molar-refractivity contribution in [2.24, 2.45) is 0 Å². The zero-order chi connectivity index (χ0) is 29.4. The Morgan fingerprint density at radius 3 is 2.73 bits per heavy atom. The standard InChI is InChI=1S/C30H41N3O8/c1-3-4-5-6-7-25(36)33(10-9-32-11-14-40-15-12-32)23-18-22(30(38)31-8-13-34)26-21-16-20(19-35)17-24(39-2)28(21)41-29(26)27(23)37/h3,16-19,23,26-27,29,34,37H,1,4-15H2,2H3,(H,31,38)/t23-,26+,27+,29+/m1/s1. The number of carbonyl (C=O) groups excluding carboxylic acids is 3. The largest absolute Gasteiger partial charge is 0.493 e. The number of ether oxygens (including phenoxy) is 3. The van der Waals surface area contributed by atoms with E-state index in [1.165, 1.54) is 7.11 Å². The second-order valence-electron chi connectivity index (χ2n) is 10.5. The molecule has 0 spiro atoms. The van der Waals surface area contributed by atoms with Crippen molar-refractivity contribution in [3.63, 3.8) is 0 Å². The van der Waals surface area contributed by atoms with Crippen molar-refractivity contribution in [3.05, 3.63) is 47.6 Å². The Morgan fingerprint density at radius 1 is 1.27 bits per heavy atom. The number of aldehydes is 1. The molecular formula is C30H41N3O8. The van der Waals surface area contributed by atoms with Gasteiger partial charge in [0.15, 0.2) is 11.5 Å². The maximum atomic E-state index is 13.7. The second kappa shape index (κ2) is 14.6. The van der Waals surface area contributed by atoms with Crippen LogP contribution in [0.4, 0.5) is 0 Å². The summed E-state index contributed by atoms with van der Waals surface area (Å²) >= 11 is 0. The van der Waals surface area contributed by atoms with E-state index in [1.54, 1.807) is 23.1 Å². The lowest BCUT2D eigenvalue weighted by Crippen LogP contribution is -2.57. The van der Waals surface area contributed by atoms with E-state index in [4.69, 9.17) is 14.2 Å². The number of amides is 2. The molecule has 0 radical (unpaired) electrons. The number of nitrogens with one attached hydrogen (secondary N) is 1. The SMILES string of the molecule is C=CCCCCC(=O)N(CCN1CCOCC1)[C@@H]1C=C(C(=O)NCCO)[C@@H]2c3cc(C=O)cc(OC)c3O[C@@H]2[C@H]1O. The van der Waals surface area contributed by atoms with E-state index in [9.17, 15) is 24.6 Å². The molecule has 0 unspecified atom stereocenters. The summed E-state index contributed by atoms with van der Waals surface area (Å²) in [5.74, 6) is -0.589. The van der Waals surface area contributed by atoms with Crippen molar-refractivity contribution in [2.75, 3.05) is 59.7 Å². The number of fused-ring (bicyclic) bond motifs is 3. The molecule has 1 aromatic carbocycles. The summed E-state index contributed by atoms with van der Waals surface area (Å²) in [6.45, 7) is 7.23. The molecule has 3 N–H and O–H groups in total. The fraction of sp³-hybridized carbons (Fsp3) is 0.567. The van der Waals surface area contributed by atoms with Crippen LogP contribution in [0.25, 0.3) is 0 Å². The molecular weight excluding hydrogens is 530 g/mol. The minimum atomic E-state index is -1.16. The third-order valence-corrected chi connectivity index (χ3v) is 7.90. The second-order valence-corrected chi connectivity index (χ2v) is 10.5. The van der Waals surface area contributed by atoms with Crippen LogP contribution in [0.2, 0.25) is 0 Å². The molecule has 3 aliphatic rings. The van der Waals surface area contributed by atoms with E-state index in [0.29, 0.717) is 73.6 Å². The summed E-state index contributed by atoms with van der Waals surface area (Å²) < 4.78 is 17.2. The minimum absolute atomic E-state index is 0.0369. The van der Waals surface area contributed by atoms with Gasteiger partial charge in [-0.1, -0.05) is 6.08 Å². The molecule has 1 fully saturated rings. The molecule has 1 saturated heterocycles. The lowest BCUT2D eigenvalue weighted by atomic mass is 9.77. The first-order valence-electron chi connectivity index (χ1n) is 14.3. The normalized spacial score (nSPS) is 23.4. The number of rotatable bonds is 14. The molecule has 224 valence electrons. The van der Waals surface area contributed by atoms with Gasteiger partial charge in [0.1, 0.15) is 18.5 Å². The van der Waals surface area contributed by atoms with Gasteiger partial charge < -0.3 is 34.6 Å². The molecule has 1 aromatic rings. The average molecular weight is 572 g/mol. The van der Waals surface area contributed by atoms with Gasteiger partial charge in [-0.2, -0.15) is 0 Å². The zero-order valence-electron chi connectivity index (χ0n) is 23.6. The van der Waals surface area contributed by atoms with E-state index in [2.05, 4.69) is 16.8 Å². The van der Waals surface area contributed by atoms with Crippen molar-refractivity contribution in [3.8, 4) is 11.5 Å². The molecule has 2 aliphatic heterocycles. The van der Waals surface area contributed by atoms with E-state index >= 15 is 0 Å². The number of benzene rings is 1. The van der Waals surface area contributed by atoms with Crippen molar-refractivity contribution >= 4 is 18.1 Å². The van der Waals surface area contributed by atoms with Crippen LogP contribution in [0, 0.1) is 0 Å². The number of morpholine rings is 1. The van der Waals surface area contributed by atoms with Gasteiger partial charge >= 0.3 is 0 Å². The number of nitrogens with zero attached hydrogens (tertiary/aromatic N) is 2. The maximum Gasteiger partial charge on any atom is 0.247 e. The molecule has 2 heterocycles. The van der Waals surface area contributed by atoms with Crippen LogP contribution >= 0.6 is 0 Å². The molecule has 1 aliphatic carbocycles. The molecule has 11 nitrogen and oxygen atoms in total. The fourth-order valence-electron chi connectivity index (χ4n) is 5.78. The highest BCUT2D eigenvalue weighted by Crippen LogP contribution is 2.51. The number of aliphatic hydroxyl groups is 2. The Kier molecular flexibility index (Phi) is 10.9. The van der Waals surface area contributed by atoms with Crippen LogP contribution in [0.5, 0.6) is 11.5 Å². The monoisotopic (exact) mass is 571 g/mol. The Hall–Kier alpha value is -3.25. The van der Waals surface area contributed by atoms with Gasteiger partial charge in [0.2, 0.25) is 11.8 Å². The number of allylic oxidation sites excluding steroid dienone is 1. The van der Waals surface area contributed by atoms with Crippen LogP contribution < -0.4 is 14.8 Å². The lowest BCUT2D eigenvalue weighted by molar-refractivity contribution is -0.137. The Labute approximate surface area is 240 Å². The summed E-state index contributed by atoms with van der Waals surface area (Å²) in [6, 6.07) is 2.35. The summed E-state index contributed by atoms with van der Waals surface area (Å²) in [5, 5.41) is 23.8. The number of aliphatic hydroxyl groups excluding tert-OH is 2. The highest BCUT2D eigenvalue weighted by molar-refractivity contribution is 5.96. The maximum absolute atomic E-state index is 13.7. The molecule has 11 heteroatoms. The molecule has 0 bridgehead atoms. The highest BCUT2D eigenvalue weighted by atomic mass is 16.5. The van der Waals surface area contributed by atoms with E-state index < -0.39 is 30.1 Å². The summed E-state index contributed by atoms with van der Waals surface area (Å²) in [5.41, 5.74) is 1.20. The van der Waals surface area contributed by atoms with Gasteiger partial charge in [-0.3, -0.25) is 19.3 Å². The number of methoxy groups -OCH3 is 1. The first-order chi connectivity index (χ1) is 19.9. The third-order valence-electron chi connectivity index (χ3n) is 7.90. The van der Waals surface area contributed by atoms with Crippen molar-refractivity contribution in [2.45, 2.75) is 49.9 Å². The first-order valence-corrected chi connectivity index (χ1v) is 14.3. The number of hydrogen-bond acceptors (Lipinski definition) is 9. The van der Waals surface area contributed by atoms with Crippen molar-refractivity contribution < 1.29 is 38.8 Å². The molecule has 2 amide bonds. The van der Waals surface area contributed by atoms with Crippen molar-refractivity contribution in [1.82, 2.24) is 15.1 Å². The predicted octanol–water partition coefficient (Wildman–Crippen LogP) is 1.04. The minimum Gasteiger partial charge on any atom is -0.493 e. The number of carbonyl (C=O) groups is 3. The van der Waals surface area contributed by atoms with E-state index in [0.717, 1.165) is 25.9 Å². The molecule has 41 heavy (non-hydrogen) atoms. The van der Waals surface area contributed by atoms with Gasteiger partial charge in [0.25, 0.3) is 0 Å². The van der Waals surface area contributed by atoms with Crippen LogP contribution in [0.15, 0.2) is 36.4 Å². The molecule has 0 saturated carbocycles. The smallest absolute Gasteiger partial charge is 0.247 e. The highest BCUT2D eigenvalue weighted by Gasteiger charge is 2.51. The van der Waals surface area contributed by atoms with Crippen LogP contribution in [-0.2, 0) is 14.3 Å². The summed E-state index contributed by atoms with van der Waals surface area (Å²) in [6.07, 6.45) is 4.71. The van der Waals surface area contributed by atoms with Gasteiger partial charge in [0.05, 0.1) is 38.9 Å². The van der Waals surface area contributed by atoms with Crippen LogP contribution in [0.1, 0.15) is 47.5 Å². The third kappa shape index (κ3) is 6.98. The fourth-order valence-corrected chi connectivity index (χ4v) is 5.78. The molecule has 4 atom stereocenters. The zero-order valence-corrected chi connectivity index (χ0v) is 23.6.